The molecule has 0 amide bonds. The Morgan fingerprint density at radius 2 is 1.80 bits per heavy atom. The summed E-state index contributed by atoms with van der Waals surface area (Å²) in [6, 6.07) is 9.86. The first-order chi connectivity index (χ1) is 12.0. The summed E-state index contributed by atoms with van der Waals surface area (Å²) in [5.74, 6) is 1.53. The third-order valence-corrected chi connectivity index (χ3v) is 4.19. The highest BCUT2D eigenvalue weighted by Crippen LogP contribution is 2.27. The molecule has 1 unspecified atom stereocenters. The molecule has 3 aromatic rings. The lowest BCUT2D eigenvalue weighted by atomic mass is 10.2. The van der Waals surface area contributed by atoms with Crippen LogP contribution in [-0.4, -0.2) is 23.8 Å². The van der Waals surface area contributed by atoms with Gasteiger partial charge in [-0.05, 0) is 19.1 Å². The molecule has 7 heteroatoms. The van der Waals surface area contributed by atoms with Crippen molar-refractivity contribution in [2.24, 2.45) is 5.73 Å². The Morgan fingerprint density at radius 1 is 1.16 bits per heavy atom. The highest BCUT2D eigenvalue weighted by atomic mass is 35.5. The topological polar surface area (TPSA) is 79.4 Å². The second-order valence-corrected chi connectivity index (χ2v) is 6.01. The Kier molecular flexibility index (Phi) is 4.65. The molecule has 25 heavy (non-hydrogen) atoms. The van der Waals surface area contributed by atoms with E-state index in [1.54, 1.807) is 57.5 Å². The van der Waals surface area contributed by atoms with E-state index in [0.29, 0.717) is 38.9 Å². The smallest absolute Gasteiger partial charge is 0.267 e. The molecule has 0 aliphatic rings. The first-order valence-electron chi connectivity index (χ1n) is 7.66. The fourth-order valence-corrected chi connectivity index (χ4v) is 2.93. The third-order valence-electron chi connectivity index (χ3n) is 3.87. The summed E-state index contributed by atoms with van der Waals surface area (Å²) in [5, 5.41) is 0.685. The summed E-state index contributed by atoms with van der Waals surface area (Å²) in [6.45, 7) is 1.77. The van der Waals surface area contributed by atoms with Crippen molar-refractivity contribution in [1.29, 1.82) is 0 Å². The Balaban J connectivity index is 2.43. The summed E-state index contributed by atoms with van der Waals surface area (Å²) in [4.78, 5) is 17.7. The first-order valence-corrected chi connectivity index (χ1v) is 8.04. The van der Waals surface area contributed by atoms with Gasteiger partial charge in [-0.15, -0.1) is 0 Å². The molecule has 0 aliphatic carbocycles. The second-order valence-electron chi connectivity index (χ2n) is 5.60. The summed E-state index contributed by atoms with van der Waals surface area (Å²) in [7, 11) is 3.09. The van der Waals surface area contributed by atoms with Crippen LogP contribution < -0.4 is 20.8 Å². The molecule has 0 bridgehead atoms. The molecule has 130 valence electrons. The molecule has 2 N–H and O–H groups in total. The van der Waals surface area contributed by atoms with Gasteiger partial charge in [-0.2, -0.15) is 0 Å². The third kappa shape index (κ3) is 3.06. The molecule has 2 aromatic carbocycles. The molecule has 1 atom stereocenters. The van der Waals surface area contributed by atoms with Gasteiger partial charge in [0.2, 0.25) is 0 Å². The van der Waals surface area contributed by atoms with E-state index >= 15 is 0 Å². The van der Waals surface area contributed by atoms with Crippen LogP contribution in [0, 0.1) is 0 Å². The van der Waals surface area contributed by atoms with Gasteiger partial charge < -0.3 is 15.2 Å². The molecule has 0 fully saturated rings. The van der Waals surface area contributed by atoms with Crippen molar-refractivity contribution in [1.82, 2.24) is 9.55 Å². The summed E-state index contributed by atoms with van der Waals surface area (Å²) < 4.78 is 12.0. The van der Waals surface area contributed by atoms with E-state index in [1.807, 2.05) is 0 Å². The van der Waals surface area contributed by atoms with E-state index in [4.69, 9.17) is 26.8 Å². The molecule has 6 nitrogen and oxygen atoms in total. The molecule has 3 rings (SSSR count). The number of fused-ring (bicyclic) bond motifs is 1. The van der Waals surface area contributed by atoms with Crippen molar-refractivity contribution in [2.45, 2.75) is 13.0 Å². The quantitative estimate of drug-likeness (QED) is 0.774. The number of benzene rings is 2. The summed E-state index contributed by atoms with van der Waals surface area (Å²) in [5.41, 5.74) is 6.83. The molecular weight excluding hydrogens is 342 g/mol. The normalized spacial score (nSPS) is 12.2. The number of hydrogen-bond donors (Lipinski definition) is 1. The molecule has 1 heterocycles. The molecule has 1 aromatic heterocycles. The van der Waals surface area contributed by atoms with E-state index in [-0.39, 0.29) is 5.56 Å². The fraction of sp³-hybridized carbons (Fsp3) is 0.222. The number of hydrogen-bond acceptors (Lipinski definition) is 5. The van der Waals surface area contributed by atoms with E-state index < -0.39 is 6.04 Å². The van der Waals surface area contributed by atoms with Crippen LogP contribution in [0.25, 0.3) is 16.6 Å². The van der Waals surface area contributed by atoms with Crippen LogP contribution in [0.4, 0.5) is 0 Å². The predicted octanol–water partition coefficient (Wildman–Crippen LogP) is 3.08. The maximum absolute atomic E-state index is 13.2. The fourth-order valence-electron chi connectivity index (χ4n) is 2.68. The van der Waals surface area contributed by atoms with Gasteiger partial charge >= 0.3 is 0 Å². The van der Waals surface area contributed by atoms with Crippen LogP contribution in [0.5, 0.6) is 11.5 Å². The van der Waals surface area contributed by atoms with Crippen LogP contribution in [0.15, 0.2) is 41.2 Å². The minimum absolute atomic E-state index is 0.293. The maximum atomic E-state index is 13.2. The second kappa shape index (κ2) is 6.74. The van der Waals surface area contributed by atoms with Crippen molar-refractivity contribution in [3.63, 3.8) is 0 Å². The van der Waals surface area contributed by atoms with Crippen LogP contribution in [0.1, 0.15) is 18.8 Å². The Bertz CT molecular complexity index is 977. The zero-order chi connectivity index (χ0) is 18.1. The van der Waals surface area contributed by atoms with E-state index in [2.05, 4.69) is 4.98 Å². The SMILES string of the molecule is COc1cc(OC)cc(-n2c(C(C)N)nc3cccc(Cl)c3c2=O)c1. The maximum Gasteiger partial charge on any atom is 0.267 e. The molecule has 0 saturated carbocycles. The van der Waals surface area contributed by atoms with Gasteiger partial charge in [-0.1, -0.05) is 17.7 Å². The van der Waals surface area contributed by atoms with Crippen molar-refractivity contribution in [2.75, 3.05) is 14.2 Å². The first kappa shape index (κ1) is 17.3. The van der Waals surface area contributed by atoms with Gasteiger partial charge in [0.15, 0.2) is 0 Å². The monoisotopic (exact) mass is 359 g/mol. The Labute approximate surface area is 149 Å². The standard InChI is InChI=1S/C18H18ClN3O3/c1-10(20)17-21-15-6-4-5-14(19)16(15)18(23)22(17)11-7-12(24-2)9-13(8-11)25-3/h4-10H,20H2,1-3H3. The van der Waals surface area contributed by atoms with E-state index in [9.17, 15) is 4.79 Å². The zero-order valence-corrected chi connectivity index (χ0v) is 14.9. The summed E-state index contributed by atoms with van der Waals surface area (Å²) in [6.07, 6.45) is 0. The van der Waals surface area contributed by atoms with Gasteiger partial charge in [-0.25, -0.2) is 4.98 Å². The number of nitrogens with zero attached hydrogens (tertiary/aromatic N) is 2. The number of nitrogens with two attached hydrogens (primary N) is 1. The van der Waals surface area contributed by atoms with E-state index in [0.717, 1.165) is 0 Å². The Hall–Kier alpha value is -2.57. The molecule has 0 saturated heterocycles. The Morgan fingerprint density at radius 3 is 2.36 bits per heavy atom. The molecule has 0 radical (unpaired) electrons. The number of aromatic nitrogens is 2. The number of methoxy groups -OCH3 is 2. The minimum Gasteiger partial charge on any atom is -0.497 e. The number of rotatable bonds is 4. The van der Waals surface area contributed by atoms with Crippen LogP contribution >= 0.6 is 11.6 Å². The van der Waals surface area contributed by atoms with Gasteiger partial charge in [0.05, 0.1) is 41.9 Å². The highest BCUT2D eigenvalue weighted by Gasteiger charge is 2.18. The van der Waals surface area contributed by atoms with Crippen molar-refractivity contribution >= 4 is 22.5 Å². The van der Waals surface area contributed by atoms with Crippen molar-refractivity contribution in [3.05, 3.63) is 57.6 Å². The highest BCUT2D eigenvalue weighted by molar-refractivity contribution is 6.35. The van der Waals surface area contributed by atoms with Crippen molar-refractivity contribution in [3.8, 4) is 17.2 Å². The average molecular weight is 360 g/mol. The molecule has 0 aliphatic heterocycles. The van der Waals surface area contributed by atoms with Gasteiger partial charge in [0.25, 0.3) is 5.56 Å². The lowest BCUT2D eigenvalue weighted by Gasteiger charge is -2.17. The average Bonchev–Trinajstić information content (AvgIpc) is 2.60. The van der Waals surface area contributed by atoms with Crippen LogP contribution in [-0.2, 0) is 0 Å². The predicted molar refractivity (Wildman–Crippen MR) is 98.1 cm³/mol. The minimum atomic E-state index is -0.465. The van der Waals surface area contributed by atoms with E-state index in [1.165, 1.54) is 4.57 Å². The van der Waals surface area contributed by atoms with Crippen LogP contribution in [0.2, 0.25) is 5.02 Å². The molecular formula is C18H18ClN3O3. The van der Waals surface area contributed by atoms with Gasteiger partial charge in [0, 0.05) is 18.2 Å². The summed E-state index contributed by atoms with van der Waals surface area (Å²) >= 11 is 6.24. The van der Waals surface area contributed by atoms with Gasteiger partial charge in [-0.3, -0.25) is 9.36 Å². The largest absolute Gasteiger partial charge is 0.497 e. The number of ether oxygens (including phenoxy) is 2. The van der Waals surface area contributed by atoms with Gasteiger partial charge in [0.1, 0.15) is 17.3 Å². The number of halogens is 1. The van der Waals surface area contributed by atoms with Crippen LogP contribution in [0.3, 0.4) is 0 Å². The zero-order valence-electron chi connectivity index (χ0n) is 14.1. The molecule has 0 spiro atoms. The lowest BCUT2D eigenvalue weighted by Crippen LogP contribution is -2.27. The lowest BCUT2D eigenvalue weighted by molar-refractivity contribution is 0.394. The van der Waals surface area contributed by atoms with Crippen molar-refractivity contribution < 1.29 is 9.47 Å².